The highest BCUT2D eigenvalue weighted by atomic mass is 35.5. The van der Waals surface area contributed by atoms with Crippen LogP contribution in [0, 0.1) is 11.7 Å². The summed E-state index contributed by atoms with van der Waals surface area (Å²) in [6.45, 7) is 2.69. The lowest BCUT2D eigenvalue weighted by Gasteiger charge is -2.04. The van der Waals surface area contributed by atoms with Gasteiger partial charge in [-0.1, -0.05) is 23.7 Å². The Labute approximate surface area is 115 Å². The highest BCUT2D eigenvalue weighted by Gasteiger charge is 2.13. The van der Waals surface area contributed by atoms with Crippen molar-refractivity contribution in [1.82, 2.24) is 10.1 Å². The highest BCUT2D eigenvalue weighted by Crippen LogP contribution is 2.26. The Hall–Kier alpha value is -1.46. The maximum absolute atomic E-state index is 13.0. The number of nitrogens with two attached hydrogens (primary N) is 1. The van der Waals surface area contributed by atoms with Crippen molar-refractivity contribution in [2.24, 2.45) is 11.7 Å². The van der Waals surface area contributed by atoms with Crippen LogP contribution in [0.15, 0.2) is 22.7 Å². The summed E-state index contributed by atoms with van der Waals surface area (Å²) in [7, 11) is 0. The van der Waals surface area contributed by atoms with Crippen LogP contribution in [-0.4, -0.2) is 16.7 Å². The van der Waals surface area contributed by atoms with Crippen LogP contribution in [0.25, 0.3) is 11.4 Å². The van der Waals surface area contributed by atoms with Crippen molar-refractivity contribution in [3.8, 4) is 11.4 Å². The Morgan fingerprint density at radius 3 is 2.95 bits per heavy atom. The van der Waals surface area contributed by atoms with E-state index in [9.17, 15) is 4.39 Å². The minimum Gasteiger partial charge on any atom is -0.339 e. The van der Waals surface area contributed by atoms with E-state index in [-0.39, 0.29) is 5.02 Å². The zero-order chi connectivity index (χ0) is 13.8. The molecule has 0 radical (unpaired) electrons. The third-order valence-corrected chi connectivity index (χ3v) is 3.21. The summed E-state index contributed by atoms with van der Waals surface area (Å²) >= 11 is 5.95. The first-order chi connectivity index (χ1) is 9.10. The first-order valence-electron chi connectivity index (χ1n) is 6.08. The van der Waals surface area contributed by atoms with E-state index in [4.69, 9.17) is 21.9 Å². The van der Waals surface area contributed by atoms with Crippen molar-refractivity contribution in [3.05, 3.63) is 34.9 Å². The number of benzene rings is 1. The lowest BCUT2D eigenvalue weighted by atomic mass is 10.1. The van der Waals surface area contributed by atoms with Crippen molar-refractivity contribution < 1.29 is 8.91 Å². The molecule has 0 fully saturated rings. The van der Waals surface area contributed by atoms with Gasteiger partial charge in [-0.05, 0) is 37.1 Å². The molecular formula is C13H15ClFN3O. The molecule has 102 valence electrons. The molecule has 1 unspecified atom stereocenters. The molecule has 0 aliphatic rings. The molecule has 1 aromatic carbocycles. The largest absolute Gasteiger partial charge is 0.339 e. The number of hydrogen-bond acceptors (Lipinski definition) is 4. The second-order valence-electron chi connectivity index (χ2n) is 4.52. The van der Waals surface area contributed by atoms with Crippen molar-refractivity contribution in [2.45, 2.75) is 19.8 Å². The van der Waals surface area contributed by atoms with Gasteiger partial charge in [0.15, 0.2) is 0 Å². The number of hydrogen-bond donors (Lipinski definition) is 1. The summed E-state index contributed by atoms with van der Waals surface area (Å²) in [6.07, 6.45) is 1.56. The molecule has 2 aromatic rings. The number of aryl methyl sites for hydroxylation is 1. The SMILES string of the molecule is CC(CN)CCc1nc(-c2ccc(F)cc2Cl)no1. The van der Waals surface area contributed by atoms with Crippen LogP contribution in [-0.2, 0) is 6.42 Å². The fraction of sp³-hybridized carbons (Fsp3) is 0.385. The van der Waals surface area contributed by atoms with Gasteiger partial charge < -0.3 is 10.3 Å². The topological polar surface area (TPSA) is 64.9 Å². The molecule has 0 aliphatic heterocycles. The Morgan fingerprint density at radius 2 is 2.26 bits per heavy atom. The van der Waals surface area contributed by atoms with E-state index in [0.717, 1.165) is 6.42 Å². The normalized spacial score (nSPS) is 12.6. The number of rotatable bonds is 5. The van der Waals surface area contributed by atoms with Gasteiger partial charge in [0.2, 0.25) is 11.7 Å². The monoisotopic (exact) mass is 283 g/mol. The first kappa shape index (κ1) is 14.0. The van der Waals surface area contributed by atoms with Crippen LogP contribution in [0.4, 0.5) is 4.39 Å². The van der Waals surface area contributed by atoms with E-state index < -0.39 is 5.82 Å². The Balaban J connectivity index is 2.12. The molecule has 2 N–H and O–H groups in total. The lowest BCUT2D eigenvalue weighted by Crippen LogP contribution is -2.11. The van der Waals surface area contributed by atoms with Crippen LogP contribution in [0.2, 0.25) is 5.02 Å². The van der Waals surface area contributed by atoms with Crippen LogP contribution in [0.3, 0.4) is 0 Å². The highest BCUT2D eigenvalue weighted by molar-refractivity contribution is 6.33. The fourth-order valence-corrected chi connectivity index (χ4v) is 1.88. The molecule has 0 aliphatic carbocycles. The Morgan fingerprint density at radius 1 is 1.47 bits per heavy atom. The van der Waals surface area contributed by atoms with Gasteiger partial charge in [0.05, 0.1) is 5.02 Å². The smallest absolute Gasteiger partial charge is 0.226 e. The van der Waals surface area contributed by atoms with E-state index in [1.807, 2.05) is 0 Å². The average molecular weight is 284 g/mol. The van der Waals surface area contributed by atoms with Crippen LogP contribution < -0.4 is 5.73 Å². The van der Waals surface area contributed by atoms with Crippen LogP contribution in [0.1, 0.15) is 19.2 Å². The summed E-state index contributed by atoms with van der Waals surface area (Å²) < 4.78 is 18.1. The van der Waals surface area contributed by atoms with E-state index >= 15 is 0 Å². The van der Waals surface area contributed by atoms with Gasteiger partial charge in [0, 0.05) is 12.0 Å². The van der Waals surface area contributed by atoms with Gasteiger partial charge in [-0.2, -0.15) is 4.98 Å². The molecule has 0 saturated carbocycles. The second kappa shape index (κ2) is 6.12. The third-order valence-electron chi connectivity index (χ3n) is 2.89. The van der Waals surface area contributed by atoms with Gasteiger partial charge >= 0.3 is 0 Å². The quantitative estimate of drug-likeness (QED) is 0.916. The summed E-state index contributed by atoms with van der Waals surface area (Å²) in [4.78, 5) is 4.25. The van der Waals surface area contributed by atoms with E-state index in [0.29, 0.717) is 36.2 Å². The third kappa shape index (κ3) is 3.52. The molecular weight excluding hydrogens is 269 g/mol. The summed E-state index contributed by atoms with van der Waals surface area (Å²) in [5, 5.41) is 4.12. The predicted molar refractivity (Wildman–Crippen MR) is 71.2 cm³/mol. The molecule has 0 bridgehead atoms. The summed E-state index contributed by atoms with van der Waals surface area (Å²) in [6, 6.07) is 4.08. The van der Waals surface area contributed by atoms with Crippen molar-refractivity contribution >= 4 is 11.6 Å². The zero-order valence-corrected chi connectivity index (χ0v) is 11.3. The fourth-order valence-electron chi connectivity index (χ4n) is 1.62. The molecule has 1 atom stereocenters. The molecule has 1 heterocycles. The summed E-state index contributed by atoms with van der Waals surface area (Å²) in [5.74, 6) is 0.926. The lowest BCUT2D eigenvalue weighted by molar-refractivity contribution is 0.366. The second-order valence-corrected chi connectivity index (χ2v) is 4.92. The molecule has 1 aromatic heterocycles. The minimum atomic E-state index is -0.394. The van der Waals surface area contributed by atoms with Crippen LogP contribution >= 0.6 is 11.6 Å². The van der Waals surface area contributed by atoms with E-state index in [1.165, 1.54) is 18.2 Å². The average Bonchev–Trinajstić information content (AvgIpc) is 2.84. The zero-order valence-electron chi connectivity index (χ0n) is 10.6. The minimum absolute atomic E-state index is 0.266. The first-order valence-corrected chi connectivity index (χ1v) is 6.46. The molecule has 6 heteroatoms. The molecule has 19 heavy (non-hydrogen) atoms. The molecule has 0 amide bonds. The molecule has 0 saturated heterocycles. The standard InChI is InChI=1S/C13H15ClFN3O/c1-8(7-16)2-5-12-17-13(18-19-12)10-4-3-9(15)6-11(10)14/h3-4,6,8H,2,5,7,16H2,1H3. The number of halogens is 2. The van der Waals surface area contributed by atoms with Gasteiger partial charge in [-0.3, -0.25) is 0 Å². The van der Waals surface area contributed by atoms with Gasteiger partial charge in [0.1, 0.15) is 5.82 Å². The summed E-state index contributed by atoms with van der Waals surface area (Å²) in [5.41, 5.74) is 6.11. The van der Waals surface area contributed by atoms with Gasteiger partial charge in [-0.25, -0.2) is 4.39 Å². The Kier molecular flexibility index (Phi) is 4.50. The molecule has 4 nitrogen and oxygen atoms in total. The van der Waals surface area contributed by atoms with Gasteiger partial charge in [0.25, 0.3) is 0 Å². The van der Waals surface area contributed by atoms with Crippen LogP contribution in [0.5, 0.6) is 0 Å². The molecule has 2 rings (SSSR count). The van der Waals surface area contributed by atoms with Crippen molar-refractivity contribution in [2.75, 3.05) is 6.54 Å². The maximum Gasteiger partial charge on any atom is 0.226 e. The van der Waals surface area contributed by atoms with E-state index in [2.05, 4.69) is 17.1 Å². The number of nitrogens with zero attached hydrogens (tertiary/aromatic N) is 2. The van der Waals surface area contributed by atoms with Crippen molar-refractivity contribution in [1.29, 1.82) is 0 Å². The molecule has 0 spiro atoms. The maximum atomic E-state index is 13.0. The predicted octanol–water partition coefficient (Wildman–Crippen LogP) is 3.06. The Bertz CT molecular complexity index is 559. The van der Waals surface area contributed by atoms with Crippen molar-refractivity contribution in [3.63, 3.8) is 0 Å². The number of aromatic nitrogens is 2. The van der Waals surface area contributed by atoms with E-state index in [1.54, 1.807) is 0 Å². The van der Waals surface area contributed by atoms with Gasteiger partial charge in [-0.15, -0.1) is 0 Å².